The van der Waals surface area contributed by atoms with E-state index in [0.29, 0.717) is 45.8 Å². The van der Waals surface area contributed by atoms with Crippen molar-refractivity contribution in [3.8, 4) is 28.2 Å². The number of furan rings is 1. The molecule has 0 spiro atoms. The molecule has 2 aromatic heterocycles. The van der Waals surface area contributed by atoms with Crippen LogP contribution in [0.15, 0.2) is 83.4 Å². The average molecular weight is 578 g/mol. The Bertz CT molecular complexity index is 1830. The molecule has 6 rings (SSSR count). The van der Waals surface area contributed by atoms with Gasteiger partial charge in [-0.1, -0.05) is 19.1 Å². The molecular formula is C35H32FN3O4. The number of hydrogen-bond acceptors (Lipinski definition) is 5. The molecule has 2 heterocycles. The predicted octanol–water partition coefficient (Wildman–Crippen LogP) is 7.18. The van der Waals surface area contributed by atoms with E-state index in [-0.39, 0.29) is 17.6 Å². The molecule has 2 amide bonds. The van der Waals surface area contributed by atoms with Crippen LogP contribution < -0.4 is 15.4 Å². The zero-order chi connectivity index (χ0) is 30.1. The Hall–Kier alpha value is -4.98. The van der Waals surface area contributed by atoms with Crippen molar-refractivity contribution in [1.29, 1.82) is 0 Å². The van der Waals surface area contributed by atoms with Crippen LogP contribution in [0.4, 0.5) is 4.39 Å². The molecule has 1 fully saturated rings. The van der Waals surface area contributed by atoms with Gasteiger partial charge in [-0.15, -0.1) is 0 Å². The second kappa shape index (κ2) is 11.4. The van der Waals surface area contributed by atoms with Gasteiger partial charge in [-0.25, -0.2) is 4.39 Å². The van der Waals surface area contributed by atoms with Crippen molar-refractivity contribution in [2.75, 3.05) is 13.7 Å². The van der Waals surface area contributed by atoms with Crippen molar-refractivity contribution in [2.45, 2.75) is 38.6 Å². The van der Waals surface area contributed by atoms with Crippen molar-refractivity contribution in [1.82, 2.24) is 15.6 Å². The highest BCUT2D eigenvalue weighted by molar-refractivity contribution is 6.12. The van der Waals surface area contributed by atoms with E-state index in [1.165, 1.54) is 12.1 Å². The molecule has 1 saturated carbocycles. The first-order valence-corrected chi connectivity index (χ1v) is 14.4. The summed E-state index contributed by atoms with van der Waals surface area (Å²) >= 11 is 0. The zero-order valence-corrected chi connectivity index (χ0v) is 24.3. The summed E-state index contributed by atoms with van der Waals surface area (Å²) in [6, 6.07) is 20.9. The van der Waals surface area contributed by atoms with Crippen molar-refractivity contribution < 1.29 is 23.1 Å². The maximum Gasteiger partial charge on any atom is 0.255 e. The fraction of sp³-hybridized carbons (Fsp3) is 0.229. The number of carbonyl (C=O) groups is 2. The van der Waals surface area contributed by atoms with Crippen molar-refractivity contribution in [2.24, 2.45) is 0 Å². The van der Waals surface area contributed by atoms with Crippen LogP contribution in [0.3, 0.4) is 0 Å². The first kappa shape index (κ1) is 28.2. The molecule has 0 saturated heterocycles. The number of nitrogens with zero attached hydrogens (tertiary/aromatic N) is 1. The number of hydrogen-bond donors (Lipinski definition) is 2. The second-order valence-electron chi connectivity index (χ2n) is 10.9. The number of ether oxygens (including phenoxy) is 1. The van der Waals surface area contributed by atoms with Crippen LogP contribution in [0.1, 0.15) is 58.2 Å². The van der Waals surface area contributed by atoms with Gasteiger partial charge in [0.15, 0.2) is 0 Å². The minimum Gasteiger partial charge on any atom is -0.493 e. The van der Waals surface area contributed by atoms with Crippen LogP contribution in [-0.4, -0.2) is 30.5 Å². The second-order valence-corrected chi connectivity index (χ2v) is 10.9. The molecule has 7 nitrogen and oxygen atoms in total. The molecule has 0 unspecified atom stereocenters. The van der Waals surface area contributed by atoms with Crippen LogP contribution in [0.5, 0.6) is 5.75 Å². The molecule has 2 N–H and O–H groups in total. The van der Waals surface area contributed by atoms with Gasteiger partial charge in [-0.3, -0.25) is 14.6 Å². The Morgan fingerprint density at radius 1 is 1.00 bits per heavy atom. The lowest BCUT2D eigenvalue weighted by Gasteiger charge is -2.20. The number of benzene rings is 3. The highest BCUT2D eigenvalue weighted by Gasteiger charge is 2.47. The lowest BCUT2D eigenvalue weighted by atomic mass is 9.94. The topological polar surface area (TPSA) is 93.5 Å². The van der Waals surface area contributed by atoms with Gasteiger partial charge < -0.3 is 19.8 Å². The molecule has 0 radical (unpaired) electrons. The number of fused-ring (bicyclic) bond motifs is 1. The number of aromatic nitrogens is 1. The van der Waals surface area contributed by atoms with E-state index >= 15 is 0 Å². The minimum absolute atomic E-state index is 0.232. The molecule has 8 heteroatoms. The van der Waals surface area contributed by atoms with Gasteiger partial charge in [0.2, 0.25) is 0 Å². The fourth-order valence-electron chi connectivity index (χ4n) is 5.42. The highest BCUT2D eigenvalue weighted by atomic mass is 19.1. The van der Waals surface area contributed by atoms with Crippen LogP contribution in [0.25, 0.3) is 33.4 Å². The monoisotopic (exact) mass is 577 g/mol. The summed E-state index contributed by atoms with van der Waals surface area (Å²) in [5.74, 6) is -0.0515. The number of rotatable bonds is 9. The number of halogens is 1. The van der Waals surface area contributed by atoms with E-state index in [4.69, 9.17) is 9.15 Å². The van der Waals surface area contributed by atoms with Crippen molar-refractivity contribution in [3.63, 3.8) is 0 Å². The van der Waals surface area contributed by atoms with Gasteiger partial charge in [0.25, 0.3) is 11.8 Å². The summed E-state index contributed by atoms with van der Waals surface area (Å²) in [5.41, 5.74) is 4.80. The third kappa shape index (κ3) is 5.36. The first-order valence-electron chi connectivity index (χ1n) is 14.4. The lowest BCUT2D eigenvalue weighted by Crippen LogP contribution is -2.35. The number of nitrogens with one attached hydrogen (secondary N) is 2. The van der Waals surface area contributed by atoms with Crippen LogP contribution in [0, 0.1) is 12.7 Å². The Morgan fingerprint density at radius 3 is 2.44 bits per heavy atom. The van der Waals surface area contributed by atoms with Crippen molar-refractivity contribution in [3.05, 3.63) is 107 Å². The average Bonchev–Trinajstić information content (AvgIpc) is 3.71. The van der Waals surface area contributed by atoms with E-state index in [0.717, 1.165) is 41.6 Å². The molecule has 3 aromatic carbocycles. The first-order chi connectivity index (χ1) is 20.8. The normalized spacial score (nSPS) is 13.5. The van der Waals surface area contributed by atoms with E-state index in [9.17, 15) is 14.0 Å². The smallest absolute Gasteiger partial charge is 0.255 e. The summed E-state index contributed by atoms with van der Waals surface area (Å²) in [5, 5.41) is 6.53. The third-order valence-electron chi connectivity index (χ3n) is 7.85. The van der Waals surface area contributed by atoms with Gasteiger partial charge in [-0.2, -0.15) is 0 Å². The maximum atomic E-state index is 13.8. The molecule has 0 bridgehead atoms. The van der Waals surface area contributed by atoms with Crippen LogP contribution in [0.2, 0.25) is 0 Å². The summed E-state index contributed by atoms with van der Waals surface area (Å²) in [6.07, 6.45) is 4.17. The van der Waals surface area contributed by atoms with Gasteiger partial charge in [0.05, 0.1) is 29.0 Å². The number of carbonyl (C=O) groups excluding carboxylic acids is 2. The van der Waals surface area contributed by atoms with E-state index in [2.05, 4.69) is 15.6 Å². The van der Waals surface area contributed by atoms with Crippen molar-refractivity contribution >= 4 is 22.8 Å². The van der Waals surface area contributed by atoms with E-state index < -0.39 is 5.54 Å². The van der Waals surface area contributed by atoms with E-state index in [1.807, 2.05) is 62.4 Å². The number of amides is 2. The molecule has 0 atom stereocenters. The molecule has 1 aliphatic carbocycles. The number of aryl methyl sites for hydroxylation is 1. The molecule has 1 aliphatic rings. The Labute approximate surface area is 249 Å². The Balaban J connectivity index is 1.44. The standard InChI is InChI=1S/C35H32FN3O4/c1-4-17-42-29-18-21(2)25(20-27(29)33(40)39-35(14-15-35)30-7-5-6-16-38-30)23-10-13-28-26(19-23)31(34(41)37-3)32(43-28)22-8-11-24(36)12-9-22/h5-13,16,18-20H,4,14-15,17H2,1-3H3,(H,37,41)(H,39,40). The summed E-state index contributed by atoms with van der Waals surface area (Å²) in [4.78, 5) is 31.4. The Kier molecular flexibility index (Phi) is 7.44. The molecule has 218 valence electrons. The summed E-state index contributed by atoms with van der Waals surface area (Å²) in [7, 11) is 1.56. The largest absolute Gasteiger partial charge is 0.493 e. The SMILES string of the molecule is CCCOc1cc(C)c(-c2ccc3oc(-c4ccc(F)cc4)c(C(=O)NC)c3c2)cc1C(=O)NC1(c2ccccn2)CC1. The predicted molar refractivity (Wildman–Crippen MR) is 164 cm³/mol. The lowest BCUT2D eigenvalue weighted by molar-refractivity contribution is 0.0924. The maximum absolute atomic E-state index is 13.8. The molecule has 43 heavy (non-hydrogen) atoms. The van der Waals surface area contributed by atoms with Crippen LogP contribution in [-0.2, 0) is 5.54 Å². The number of pyridine rings is 1. The highest BCUT2D eigenvalue weighted by Crippen LogP contribution is 2.45. The molecule has 5 aromatic rings. The quantitative estimate of drug-likeness (QED) is 0.194. The van der Waals surface area contributed by atoms with Crippen LogP contribution >= 0.6 is 0 Å². The molecular weight excluding hydrogens is 545 g/mol. The zero-order valence-electron chi connectivity index (χ0n) is 24.3. The van der Waals surface area contributed by atoms with E-state index in [1.54, 1.807) is 25.4 Å². The third-order valence-corrected chi connectivity index (χ3v) is 7.85. The minimum atomic E-state index is -0.486. The van der Waals surface area contributed by atoms with Gasteiger partial charge in [-0.05, 0) is 104 Å². The summed E-state index contributed by atoms with van der Waals surface area (Å²) in [6.45, 7) is 4.47. The van der Waals surface area contributed by atoms with Gasteiger partial charge in [0, 0.05) is 24.2 Å². The fourth-order valence-corrected chi connectivity index (χ4v) is 5.42. The molecule has 0 aliphatic heterocycles. The van der Waals surface area contributed by atoms with Gasteiger partial charge >= 0.3 is 0 Å². The van der Waals surface area contributed by atoms with Gasteiger partial charge in [0.1, 0.15) is 22.9 Å². The Morgan fingerprint density at radius 2 is 1.77 bits per heavy atom. The summed E-state index contributed by atoms with van der Waals surface area (Å²) < 4.78 is 25.8.